The van der Waals surface area contributed by atoms with Crippen molar-refractivity contribution >= 4 is 29.5 Å². The van der Waals surface area contributed by atoms with E-state index in [0.29, 0.717) is 17.1 Å². The summed E-state index contributed by atoms with van der Waals surface area (Å²) in [6.07, 6.45) is 0. The van der Waals surface area contributed by atoms with E-state index in [1.807, 2.05) is 37.4 Å². The van der Waals surface area contributed by atoms with E-state index < -0.39 is 4.92 Å². The number of halogens is 1. The van der Waals surface area contributed by atoms with Crippen molar-refractivity contribution in [3.05, 3.63) is 64.5 Å². The number of hydrogen-bond acceptors (Lipinski definition) is 8. The molecule has 1 saturated heterocycles. The standard InChI is InChI=1S/C19H20N6O3.ClH/c1-24-10-9-20-12-17(24)18-22-19(28-23-18)13-7-8-15(16(11-13)25(26)27)21-14-5-3-2-4-6-14;/h2-8,11,17,20-21H,9-10,12H2,1H3;1H. The van der Waals surface area contributed by atoms with E-state index in [4.69, 9.17) is 4.52 Å². The van der Waals surface area contributed by atoms with Crippen LogP contribution in [-0.2, 0) is 0 Å². The van der Waals surface area contributed by atoms with E-state index >= 15 is 0 Å². The molecule has 1 aliphatic heterocycles. The van der Waals surface area contributed by atoms with Crippen molar-refractivity contribution in [2.45, 2.75) is 6.04 Å². The van der Waals surface area contributed by atoms with Gasteiger partial charge in [-0.3, -0.25) is 15.0 Å². The van der Waals surface area contributed by atoms with E-state index in [-0.39, 0.29) is 30.0 Å². The lowest BCUT2D eigenvalue weighted by Crippen LogP contribution is -2.44. The quantitative estimate of drug-likeness (QED) is 0.481. The molecule has 10 heteroatoms. The van der Waals surface area contributed by atoms with Crippen LogP contribution in [0.4, 0.5) is 17.1 Å². The van der Waals surface area contributed by atoms with E-state index in [0.717, 1.165) is 25.3 Å². The number of aromatic nitrogens is 2. The number of nitro groups is 1. The molecule has 2 heterocycles. The second-order valence-electron chi connectivity index (χ2n) is 6.64. The van der Waals surface area contributed by atoms with Crippen LogP contribution in [0.5, 0.6) is 0 Å². The number of para-hydroxylation sites is 1. The summed E-state index contributed by atoms with van der Waals surface area (Å²) in [7, 11) is 2.01. The Morgan fingerprint density at radius 3 is 2.79 bits per heavy atom. The molecule has 9 nitrogen and oxygen atoms in total. The molecule has 0 saturated carbocycles. The minimum absolute atomic E-state index is 0. The molecule has 0 bridgehead atoms. The minimum Gasteiger partial charge on any atom is -0.350 e. The zero-order valence-corrected chi connectivity index (χ0v) is 16.6. The van der Waals surface area contributed by atoms with Crippen LogP contribution < -0.4 is 10.6 Å². The number of nitrogens with zero attached hydrogens (tertiary/aromatic N) is 4. The number of nitro benzene ring substituents is 1. The average Bonchev–Trinajstić information content (AvgIpc) is 3.19. The number of hydrogen-bond donors (Lipinski definition) is 2. The summed E-state index contributed by atoms with van der Waals surface area (Å²) in [4.78, 5) is 17.8. The molecule has 0 amide bonds. The Kier molecular flexibility index (Phi) is 6.42. The second kappa shape index (κ2) is 8.99. The van der Waals surface area contributed by atoms with Gasteiger partial charge >= 0.3 is 0 Å². The lowest BCUT2D eigenvalue weighted by molar-refractivity contribution is -0.383. The van der Waals surface area contributed by atoms with Gasteiger partial charge in [-0.2, -0.15) is 4.98 Å². The van der Waals surface area contributed by atoms with Gasteiger partial charge in [-0.1, -0.05) is 23.4 Å². The largest absolute Gasteiger partial charge is 0.350 e. The number of rotatable bonds is 5. The van der Waals surface area contributed by atoms with E-state index in [1.54, 1.807) is 12.1 Å². The van der Waals surface area contributed by atoms with Crippen LogP contribution in [0.2, 0.25) is 0 Å². The van der Waals surface area contributed by atoms with E-state index in [9.17, 15) is 10.1 Å². The topological polar surface area (TPSA) is 109 Å². The van der Waals surface area contributed by atoms with Crippen LogP contribution in [0.1, 0.15) is 11.9 Å². The van der Waals surface area contributed by atoms with Crippen molar-refractivity contribution in [1.82, 2.24) is 20.4 Å². The molecule has 1 aliphatic rings. The number of benzene rings is 2. The first kappa shape index (κ1) is 20.7. The van der Waals surface area contributed by atoms with Crippen LogP contribution in [0.25, 0.3) is 11.5 Å². The van der Waals surface area contributed by atoms with E-state index in [1.165, 1.54) is 6.07 Å². The molecular formula is C19H21ClN6O3. The predicted octanol–water partition coefficient (Wildman–Crippen LogP) is 3.39. The summed E-state index contributed by atoms with van der Waals surface area (Å²) in [5.74, 6) is 0.835. The van der Waals surface area contributed by atoms with Crippen molar-refractivity contribution in [3.63, 3.8) is 0 Å². The van der Waals surface area contributed by atoms with Crippen molar-refractivity contribution in [2.24, 2.45) is 0 Å². The SMILES string of the molecule is CN1CCNCC1c1noc(-c2ccc(Nc3ccccc3)c([N+](=O)[O-])c2)n1.Cl. The van der Waals surface area contributed by atoms with Gasteiger partial charge in [0.25, 0.3) is 11.6 Å². The van der Waals surface area contributed by atoms with Gasteiger partial charge < -0.3 is 15.2 Å². The maximum Gasteiger partial charge on any atom is 0.293 e. The average molecular weight is 417 g/mol. The summed E-state index contributed by atoms with van der Waals surface area (Å²) < 4.78 is 5.39. The number of nitrogens with one attached hydrogen (secondary N) is 2. The Balaban J connectivity index is 0.00000240. The molecular weight excluding hydrogens is 396 g/mol. The fourth-order valence-electron chi connectivity index (χ4n) is 3.18. The maximum atomic E-state index is 11.6. The highest BCUT2D eigenvalue weighted by Crippen LogP contribution is 2.32. The second-order valence-corrected chi connectivity index (χ2v) is 6.64. The summed E-state index contributed by atoms with van der Waals surface area (Å²) in [6.45, 7) is 2.54. The number of piperazine rings is 1. The molecule has 1 aromatic heterocycles. The summed E-state index contributed by atoms with van der Waals surface area (Å²) in [6, 6.07) is 14.1. The van der Waals surface area contributed by atoms with Crippen LogP contribution in [0.3, 0.4) is 0 Å². The summed E-state index contributed by atoms with van der Waals surface area (Å²) in [5.41, 5.74) is 1.62. The third-order valence-electron chi connectivity index (χ3n) is 4.74. The molecule has 152 valence electrons. The third kappa shape index (κ3) is 4.53. The Labute approximate surface area is 173 Å². The lowest BCUT2D eigenvalue weighted by Gasteiger charge is -2.30. The van der Waals surface area contributed by atoms with Crippen molar-refractivity contribution in [1.29, 1.82) is 0 Å². The molecule has 1 fully saturated rings. The van der Waals surface area contributed by atoms with Crippen molar-refractivity contribution < 1.29 is 9.45 Å². The van der Waals surface area contributed by atoms with Gasteiger partial charge in [0.2, 0.25) is 0 Å². The van der Waals surface area contributed by atoms with Crippen molar-refractivity contribution in [2.75, 3.05) is 32.0 Å². The summed E-state index contributed by atoms with van der Waals surface area (Å²) in [5, 5.41) is 22.0. The molecule has 3 aromatic rings. The van der Waals surface area contributed by atoms with Crippen LogP contribution in [0, 0.1) is 10.1 Å². The fraction of sp³-hybridized carbons (Fsp3) is 0.263. The number of likely N-dealkylation sites (N-methyl/N-ethyl adjacent to an activating group) is 1. The van der Waals surface area contributed by atoms with Crippen LogP contribution in [-0.4, -0.2) is 46.6 Å². The molecule has 0 aliphatic carbocycles. The molecule has 2 N–H and O–H groups in total. The highest BCUT2D eigenvalue weighted by molar-refractivity contribution is 5.85. The predicted molar refractivity (Wildman–Crippen MR) is 112 cm³/mol. The normalized spacial score (nSPS) is 16.8. The Bertz CT molecular complexity index is 981. The highest BCUT2D eigenvalue weighted by Gasteiger charge is 2.26. The molecule has 4 rings (SSSR count). The zero-order valence-electron chi connectivity index (χ0n) is 15.7. The van der Waals surface area contributed by atoms with Gasteiger partial charge in [-0.15, -0.1) is 12.4 Å². The fourth-order valence-corrected chi connectivity index (χ4v) is 3.18. The third-order valence-corrected chi connectivity index (χ3v) is 4.74. The summed E-state index contributed by atoms with van der Waals surface area (Å²) >= 11 is 0. The molecule has 0 radical (unpaired) electrons. The zero-order chi connectivity index (χ0) is 19.5. The lowest BCUT2D eigenvalue weighted by atomic mass is 10.1. The van der Waals surface area contributed by atoms with Crippen LogP contribution in [0.15, 0.2) is 53.1 Å². The van der Waals surface area contributed by atoms with Gasteiger partial charge in [0.1, 0.15) is 5.69 Å². The maximum absolute atomic E-state index is 11.6. The van der Waals surface area contributed by atoms with Gasteiger partial charge in [0, 0.05) is 37.0 Å². The monoisotopic (exact) mass is 416 g/mol. The molecule has 0 spiro atoms. The smallest absolute Gasteiger partial charge is 0.293 e. The first-order valence-electron chi connectivity index (χ1n) is 8.97. The first-order chi connectivity index (χ1) is 13.6. The molecule has 1 atom stereocenters. The van der Waals surface area contributed by atoms with Gasteiger partial charge in [-0.05, 0) is 31.3 Å². The Morgan fingerprint density at radius 1 is 1.28 bits per heavy atom. The van der Waals surface area contributed by atoms with E-state index in [2.05, 4.69) is 25.7 Å². The highest BCUT2D eigenvalue weighted by atomic mass is 35.5. The van der Waals surface area contributed by atoms with Gasteiger partial charge in [0.15, 0.2) is 5.82 Å². The number of anilines is 2. The minimum atomic E-state index is -0.426. The van der Waals surface area contributed by atoms with Crippen molar-refractivity contribution in [3.8, 4) is 11.5 Å². The molecule has 1 unspecified atom stereocenters. The first-order valence-corrected chi connectivity index (χ1v) is 8.97. The van der Waals surface area contributed by atoms with Gasteiger partial charge in [0.05, 0.1) is 11.0 Å². The van der Waals surface area contributed by atoms with Crippen LogP contribution >= 0.6 is 12.4 Å². The molecule has 29 heavy (non-hydrogen) atoms. The Morgan fingerprint density at radius 2 is 2.07 bits per heavy atom. The van der Waals surface area contributed by atoms with Gasteiger partial charge in [-0.25, -0.2) is 0 Å². The molecule has 2 aromatic carbocycles. The Hall–Kier alpha value is -3.01.